The van der Waals surface area contributed by atoms with E-state index in [1.54, 1.807) is 10.6 Å². The maximum absolute atomic E-state index is 6.36. The highest BCUT2D eigenvalue weighted by Gasteiger charge is 2.58. The standard InChI is InChI=1S/C24H36O4P2/c1-13-19-20(26-23(5,6)25-19)14(2)29(13)17-11-9-10-12-18(17)30-15(3)21-22(16(30)4)28-24(7,8)27-21/h9-16,19-22H,1-8H3/t13-,14-,15-,16?,19+,20?,21+,22+,29?,30?/m0/s1. The van der Waals surface area contributed by atoms with Gasteiger partial charge in [0.15, 0.2) is 11.6 Å². The first-order valence-corrected chi connectivity index (χ1v) is 14.3. The Bertz CT molecular complexity index is 720. The van der Waals surface area contributed by atoms with Gasteiger partial charge in [0.2, 0.25) is 0 Å². The molecule has 0 amide bonds. The van der Waals surface area contributed by atoms with Gasteiger partial charge in [-0.2, -0.15) is 0 Å². The topological polar surface area (TPSA) is 36.9 Å². The molecule has 0 radical (unpaired) electrons. The first-order chi connectivity index (χ1) is 14.0. The minimum absolute atomic E-state index is 0.201. The summed E-state index contributed by atoms with van der Waals surface area (Å²) in [5, 5.41) is 3.13. The van der Waals surface area contributed by atoms with E-state index in [0.29, 0.717) is 22.6 Å². The van der Waals surface area contributed by atoms with E-state index in [-0.39, 0.29) is 40.3 Å². The molecule has 30 heavy (non-hydrogen) atoms. The summed E-state index contributed by atoms with van der Waals surface area (Å²) >= 11 is 0. The SMILES string of the molecule is CC1[C@H]2OC(C)(C)O[C@@H]2[C@H](C)P1c1ccccc1P1[C@@H](C)C2OC(C)(C)O[C@@H]2[C@@H]1C. The van der Waals surface area contributed by atoms with Gasteiger partial charge in [-0.05, 0) is 38.3 Å². The number of benzene rings is 1. The third-order valence-corrected chi connectivity index (χ3v) is 14.2. The average molecular weight is 450 g/mol. The maximum Gasteiger partial charge on any atom is 0.163 e. The molecule has 6 heteroatoms. The number of hydrogen-bond donors (Lipinski definition) is 0. The van der Waals surface area contributed by atoms with Crippen molar-refractivity contribution in [3.8, 4) is 0 Å². The van der Waals surface area contributed by atoms with E-state index < -0.39 is 11.6 Å². The predicted molar refractivity (Wildman–Crippen MR) is 125 cm³/mol. The molecule has 4 aliphatic heterocycles. The van der Waals surface area contributed by atoms with Gasteiger partial charge in [0.05, 0.1) is 24.4 Å². The van der Waals surface area contributed by atoms with Gasteiger partial charge in [0, 0.05) is 22.6 Å². The molecule has 0 aliphatic carbocycles. The second kappa shape index (κ2) is 7.21. The van der Waals surface area contributed by atoms with E-state index in [0.717, 1.165) is 0 Å². The number of rotatable bonds is 2. The predicted octanol–water partition coefficient (Wildman–Crippen LogP) is 4.52. The Balaban J connectivity index is 1.48. The first kappa shape index (κ1) is 21.7. The summed E-state index contributed by atoms with van der Waals surface area (Å²) in [6.45, 7) is 17.7. The third-order valence-electron chi connectivity index (χ3n) is 7.42. The van der Waals surface area contributed by atoms with Crippen molar-refractivity contribution in [1.82, 2.24) is 0 Å². The monoisotopic (exact) mass is 450 g/mol. The fourth-order valence-corrected chi connectivity index (χ4v) is 13.6. The van der Waals surface area contributed by atoms with Crippen molar-refractivity contribution in [2.45, 2.75) is 114 Å². The number of fused-ring (bicyclic) bond motifs is 2. The summed E-state index contributed by atoms with van der Waals surface area (Å²) in [5.74, 6) is -0.924. The van der Waals surface area contributed by atoms with Gasteiger partial charge in [-0.1, -0.05) is 67.8 Å². The largest absolute Gasteiger partial charge is 0.344 e. The molecule has 0 spiro atoms. The van der Waals surface area contributed by atoms with E-state index in [4.69, 9.17) is 18.9 Å². The Morgan fingerprint density at radius 2 is 0.833 bits per heavy atom. The second-order valence-electron chi connectivity index (χ2n) is 10.4. The van der Waals surface area contributed by atoms with E-state index in [1.165, 1.54) is 0 Å². The van der Waals surface area contributed by atoms with Gasteiger partial charge in [0.25, 0.3) is 0 Å². The molecule has 5 rings (SSSR count). The molecule has 0 bridgehead atoms. The van der Waals surface area contributed by atoms with E-state index in [2.05, 4.69) is 52.0 Å². The van der Waals surface area contributed by atoms with Gasteiger partial charge in [0.1, 0.15) is 0 Å². The van der Waals surface area contributed by atoms with Crippen molar-refractivity contribution in [2.24, 2.45) is 0 Å². The number of ether oxygens (including phenoxy) is 4. The molecular formula is C24H36O4P2. The van der Waals surface area contributed by atoms with Crippen LogP contribution in [0.25, 0.3) is 0 Å². The molecule has 4 unspecified atom stereocenters. The van der Waals surface area contributed by atoms with Gasteiger partial charge in [-0.3, -0.25) is 0 Å². The highest BCUT2D eigenvalue weighted by molar-refractivity contribution is 7.73. The fourth-order valence-electron chi connectivity index (χ4n) is 6.28. The smallest absolute Gasteiger partial charge is 0.163 e. The first-order valence-electron chi connectivity index (χ1n) is 11.4. The third kappa shape index (κ3) is 3.25. The second-order valence-corrected chi connectivity index (χ2v) is 16.2. The molecular weight excluding hydrogens is 414 g/mol. The van der Waals surface area contributed by atoms with Crippen LogP contribution in [0, 0.1) is 0 Å². The molecule has 4 heterocycles. The zero-order valence-electron chi connectivity index (χ0n) is 19.5. The van der Waals surface area contributed by atoms with Crippen LogP contribution in [0.2, 0.25) is 0 Å². The van der Waals surface area contributed by atoms with Crippen LogP contribution in [0.3, 0.4) is 0 Å². The van der Waals surface area contributed by atoms with Crippen LogP contribution in [0.5, 0.6) is 0 Å². The van der Waals surface area contributed by atoms with Gasteiger partial charge in [-0.15, -0.1) is 0 Å². The summed E-state index contributed by atoms with van der Waals surface area (Å²) in [4.78, 5) is 0. The van der Waals surface area contributed by atoms with Crippen molar-refractivity contribution in [1.29, 1.82) is 0 Å². The molecule has 0 aromatic heterocycles. The lowest BCUT2D eigenvalue weighted by molar-refractivity contribution is -0.147. The van der Waals surface area contributed by atoms with Crippen molar-refractivity contribution in [3.63, 3.8) is 0 Å². The Morgan fingerprint density at radius 1 is 0.567 bits per heavy atom. The molecule has 166 valence electrons. The van der Waals surface area contributed by atoms with Gasteiger partial charge in [-0.25, -0.2) is 0 Å². The lowest BCUT2D eigenvalue weighted by Crippen LogP contribution is -2.34. The minimum atomic E-state index is -0.462. The van der Waals surface area contributed by atoms with Crippen molar-refractivity contribution in [3.05, 3.63) is 24.3 Å². The fraction of sp³-hybridized carbons (Fsp3) is 0.750. The summed E-state index contributed by atoms with van der Waals surface area (Å²) in [5.41, 5.74) is 1.99. The molecule has 10 atom stereocenters. The molecule has 4 saturated heterocycles. The van der Waals surface area contributed by atoms with E-state index in [1.807, 2.05) is 27.7 Å². The van der Waals surface area contributed by atoms with Crippen molar-refractivity contribution < 1.29 is 18.9 Å². The molecule has 4 fully saturated rings. The highest BCUT2D eigenvalue weighted by atomic mass is 31.1. The number of hydrogen-bond acceptors (Lipinski definition) is 4. The molecule has 0 N–H and O–H groups in total. The lowest BCUT2D eigenvalue weighted by atomic mass is 10.1. The van der Waals surface area contributed by atoms with Crippen molar-refractivity contribution in [2.75, 3.05) is 0 Å². The van der Waals surface area contributed by atoms with Crippen LogP contribution in [0.15, 0.2) is 24.3 Å². The average Bonchev–Trinajstić information content (AvgIpc) is 3.29. The minimum Gasteiger partial charge on any atom is -0.344 e. The summed E-state index contributed by atoms with van der Waals surface area (Å²) in [6.07, 6.45) is 0.805. The van der Waals surface area contributed by atoms with Gasteiger partial charge < -0.3 is 18.9 Å². The normalized spacial score (nSPS) is 48.7. The van der Waals surface area contributed by atoms with Crippen LogP contribution >= 0.6 is 15.8 Å². The van der Waals surface area contributed by atoms with Crippen LogP contribution in [0.4, 0.5) is 0 Å². The van der Waals surface area contributed by atoms with E-state index >= 15 is 0 Å². The zero-order valence-corrected chi connectivity index (χ0v) is 21.2. The van der Waals surface area contributed by atoms with Crippen LogP contribution in [0.1, 0.15) is 55.4 Å². The van der Waals surface area contributed by atoms with E-state index in [9.17, 15) is 0 Å². The summed E-state index contributed by atoms with van der Waals surface area (Å²) < 4.78 is 25.4. The molecule has 4 nitrogen and oxygen atoms in total. The Labute approximate surface area is 183 Å². The van der Waals surface area contributed by atoms with Crippen LogP contribution in [-0.4, -0.2) is 58.6 Å². The lowest BCUT2D eigenvalue weighted by Gasteiger charge is -2.33. The summed E-state index contributed by atoms with van der Waals surface area (Å²) in [6, 6.07) is 9.22. The van der Waals surface area contributed by atoms with Crippen LogP contribution < -0.4 is 10.6 Å². The summed E-state index contributed by atoms with van der Waals surface area (Å²) in [7, 11) is -0.723. The Hall–Kier alpha value is -0.0800. The molecule has 1 aromatic carbocycles. The quantitative estimate of drug-likeness (QED) is 0.621. The van der Waals surface area contributed by atoms with Crippen LogP contribution in [-0.2, 0) is 18.9 Å². The molecule has 0 saturated carbocycles. The van der Waals surface area contributed by atoms with Gasteiger partial charge >= 0.3 is 0 Å². The molecule has 4 aliphatic rings. The van der Waals surface area contributed by atoms with Crippen molar-refractivity contribution >= 4 is 26.5 Å². The molecule has 1 aromatic rings. The maximum atomic E-state index is 6.36. The Morgan fingerprint density at radius 3 is 1.10 bits per heavy atom. The Kier molecular flexibility index (Phi) is 5.23. The zero-order chi connectivity index (χ0) is 21.6. The highest BCUT2D eigenvalue weighted by Crippen LogP contribution is 2.63.